The van der Waals surface area contributed by atoms with Gasteiger partial charge in [0.05, 0.1) is 5.92 Å². The summed E-state index contributed by atoms with van der Waals surface area (Å²) in [6, 6.07) is 14.0. The van der Waals surface area contributed by atoms with E-state index in [1.165, 1.54) is 5.56 Å². The molecule has 136 valence electrons. The second-order valence-corrected chi connectivity index (χ2v) is 7.46. The van der Waals surface area contributed by atoms with Gasteiger partial charge in [-0.1, -0.05) is 38.1 Å². The predicted octanol–water partition coefficient (Wildman–Crippen LogP) is 4.42. The van der Waals surface area contributed by atoms with Gasteiger partial charge in [-0.3, -0.25) is 9.59 Å². The van der Waals surface area contributed by atoms with Gasteiger partial charge in [-0.2, -0.15) is 0 Å². The topological polar surface area (TPSA) is 49.4 Å². The molecule has 0 aliphatic carbocycles. The average molecular weight is 350 g/mol. The molecule has 4 nitrogen and oxygen atoms in total. The lowest BCUT2D eigenvalue weighted by molar-refractivity contribution is -0.122. The molecular weight excluding hydrogens is 324 g/mol. The number of carbonyl (C=O) groups excluding carboxylic acids is 2. The molecule has 2 amide bonds. The first-order valence-electron chi connectivity index (χ1n) is 9.13. The van der Waals surface area contributed by atoms with Crippen LogP contribution >= 0.6 is 0 Å². The Bertz CT molecular complexity index is 825. The number of carbonyl (C=O) groups is 2. The van der Waals surface area contributed by atoms with Crippen molar-refractivity contribution in [3.63, 3.8) is 0 Å². The minimum atomic E-state index is -0.327. The van der Waals surface area contributed by atoms with Gasteiger partial charge >= 0.3 is 0 Å². The Morgan fingerprint density at radius 2 is 1.81 bits per heavy atom. The third-order valence-corrected chi connectivity index (χ3v) is 5.00. The third kappa shape index (κ3) is 3.79. The van der Waals surface area contributed by atoms with E-state index in [2.05, 4.69) is 19.2 Å². The second-order valence-electron chi connectivity index (χ2n) is 7.46. The van der Waals surface area contributed by atoms with E-state index in [1.807, 2.05) is 56.3 Å². The van der Waals surface area contributed by atoms with Crippen LogP contribution in [0.4, 0.5) is 11.4 Å². The molecule has 0 unspecified atom stereocenters. The van der Waals surface area contributed by atoms with Crippen molar-refractivity contribution in [3.05, 3.63) is 59.2 Å². The molecule has 1 aliphatic heterocycles. The van der Waals surface area contributed by atoms with Gasteiger partial charge in [0.15, 0.2) is 0 Å². The van der Waals surface area contributed by atoms with Crippen LogP contribution in [0.1, 0.15) is 42.9 Å². The summed E-state index contributed by atoms with van der Waals surface area (Å²) in [5.41, 5.74) is 5.08. The van der Waals surface area contributed by atoms with E-state index in [0.717, 1.165) is 22.5 Å². The molecule has 1 atom stereocenters. The van der Waals surface area contributed by atoms with Gasteiger partial charge in [-0.15, -0.1) is 0 Å². The highest BCUT2D eigenvalue weighted by atomic mass is 16.2. The van der Waals surface area contributed by atoms with Gasteiger partial charge in [-0.05, 0) is 54.7 Å². The summed E-state index contributed by atoms with van der Waals surface area (Å²) in [6.07, 6.45) is 0.253. The number of anilines is 2. The summed E-state index contributed by atoms with van der Waals surface area (Å²) in [7, 11) is 0. The summed E-state index contributed by atoms with van der Waals surface area (Å²) in [4.78, 5) is 26.8. The molecule has 26 heavy (non-hydrogen) atoms. The number of amides is 2. The highest BCUT2D eigenvalue weighted by Gasteiger charge is 2.35. The van der Waals surface area contributed by atoms with Crippen LogP contribution in [0.5, 0.6) is 0 Å². The SMILES string of the molecule is Cc1ccc(C)c(N2C[C@@H](C(=O)Nc3ccc(C(C)C)cc3)CC2=O)c1. The largest absolute Gasteiger partial charge is 0.326 e. The molecule has 1 aliphatic rings. The Labute approximate surface area is 155 Å². The van der Waals surface area contributed by atoms with Crippen molar-refractivity contribution in [2.45, 2.75) is 40.0 Å². The van der Waals surface area contributed by atoms with Crippen LogP contribution in [0.2, 0.25) is 0 Å². The van der Waals surface area contributed by atoms with E-state index < -0.39 is 0 Å². The molecule has 0 bridgehead atoms. The molecule has 1 heterocycles. The highest BCUT2D eigenvalue weighted by Crippen LogP contribution is 2.29. The number of benzene rings is 2. The molecule has 3 rings (SSSR count). The zero-order valence-electron chi connectivity index (χ0n) is 15.9. The quantitative estimate of drug-likeness (QED) is 0.887. The Balaban J connectivity index is 1.70. The molecule has 0 spiro atoms. The molecule has 0 aromatic heterocycles. The van der Waals surface area contributed by atoms with Gasteiger partial charge in [0.25, 0.3) is 0 Å². The molecule has 2 aromatic carbocycles. The summed E-state index contributed by atoms with van der Waals surface area (Å²) in [5, 5.41) is 2.95. The van der Waals surface area contributed by atoms with E-state index >= 15 is 0 Å². The van der Waals surface area contributed by atoms with E-state index in [9.17, 15) is 9.59 Å². The molecule has 0 radical (unpaired) electrons. The third-order valence-electron chi connectivity index (χ3n) is 5.00. The van der Waals surface area contributed by atoms with Crippen molar-refractivity contribution in [1.82, 2.24) is 0 Å². The number of rotatable bonds is 4. The summed E-state index contributed by atoms with van der Waals surface area (Å²) >= 11 is 0. The predicted molar refractivity (Wildman–Crippen MR) is 106 cm³/mol. The molecule has 1 saturated heterocycles. The highest BCUT2D eigenvalue weighted by molar-refractivity contribution is 6.03. The van der Waals surface area contributed by atoms with E-state index in [0.29, 0.717) is 12.5 Å². The zero-order valence-corrected chi connectivity index (χ0v) is 15.9. The summed E-state index contributed by atoms with van der Waals surface area (Å²) in [6.45, 7) is 8.71. The maximum Gasteiger partial charge on any atom is 0.229 e. The smallest absolute Gasteiger partial charge is 0.229 e. The zero-order chi connectivity index (χ0) is 18.8. The first kappa shape index (κ1) is 18.2. The Hall–Kier alpha value is -2.62. The number of nitrogens with one attached hydrogen (secondary N) is 1. The Kier molecular flexibility index (Phi) is 5.12. The van der Waals surface area contributed by atoms with Gasteiger partial charge in [0, 0.05) is 24.3 Å². The van der Waals surface area contributed by atoms with Gasteiger partial charge in [0.1, 0.15) is 0 Å². The van der Waals surface area contributed by atoms with Crippen molar-refractivity contribution in [1.29, 1.82) is 0 Å². The monoisotopic (exact) mass is 350 g/mol. The lowest BCUT2D eigenvalue weighted by atomic mass is 10.0. The van der Waals surface area contributed by atoms with E-state index in [1.54, 1.807) is 4.90 Å². The molecular formula is C22H26N2O2. The first-order valence-corrected chi connectivity index (χ1v) is 9.13. The van der Waals surface area contributed by atoms with Crippen molar-refractivity contribution >= 4 is 23.2 Å². The van der Waals surface area contributed by atoms with Crippen LogP contribution in [0.25, 0.3) is 0 Å². The molecule has 0 saturated carbocycles. The number of nitrogens with zero attached hydrogens (tertiary/aromatic N) is 1. The number of hydrogen-bond donors (Lipinski definition) is 1. The second kappa shape index (κ2) is 7.32. The van der Waals surface area contributed by atoms with Crippen LogP contribution < -0.4 is 10.2 Å². The van der Waals surface area contributed by atoms with Gasteiger partial charge in [-0.25, -0.2) is 0 Å². The maximum atomic E-state index is 12.6. The first-order chi connectivity index (χ1) is 12.3. The van der Waals surface area contributed by atoms with E-state index in [-0.39, 0.29) is 24.2 Å². The lowest BCUT2D eigenvalue weighted by Crippen LogP contribution is -2.28. The van der Waals surface area contributed by atoms with Crippen molar-refractivity contribution in [2.75, 3.05) is 16.8 Å². The standard InChI is InChI=1S/C22H26N2O2/c1-14(2)17-7-9-19(10-8-17)23-22(26)18-12-21(25)24(13-18)20-11-15(3)5-6-16(20)4/h5-11,14,18H,12-13H2,1-4H3,(H,23,26)/t18-/m0/s1. The Morgan fingerprint density at radius 1 is 1.12 bits per heavy atom. The van der Waals surface area contributed by atoms with Gasteiger partial charge in [0.2, 0.25) is 11.8 Å². The van der Waals surface area contributed by atoms with Crippen molar-refractivity contribution in [3.8, 4) is 0 Å². The number of hydrogen-bond acceptors (Lipinski definition) is 2. The van der Waals surface area contributed by atoms with Crippen LogP contribution in [0.15, 0.2) is 42.5 Å². The molecule has 1 N–H and O–H groups in total. The molecule has 4 heteroatoms. The van der Waals surface area contributed by atoms with Gasteiger partial charge < -0.3 is 10.2 Å². The molecule has 2 aromatic rings. The summed E-state index contributed by atoms with van der Waals surface area (Å²) < 4.78 is 0. The normalized spacial score (nSPS) is 17.0. The van der Waals surface area contributed by atoms with E-state index in [4.69, 9.17) is 0 Å². The van der Waals surface area contributed by atoms with Crippen LogP contribution in [0, 0.1) is 19.8 Å². The molecule has 1 fully saturated rings. The fraction of sp³-hybridized carbons (Fsp3) is 0.364. The van der Waals surface area contributed by atoms with Crippen LogP contribution in [-0.4, -0.2) is 18.4 Å². The van der Waals surface area contributed by atoms with Crippen LogP contribution in [0.3, 0.4) is 0 Å². The minimum absolute atomic E-state index is 0.00834. The maximum absolute atomic E-state index is 12.6. The Morgan fingerprint density at radius 3 is 2.46 bits per heavy atom. The fourth-order valence-corrected chi connectivity index (χ4v) is 3.32. The fourth-order valence-electron chi connectivity index (χ4n) is 3.32. The summed E-state index contributed by atoms with van der Waals surface area (Å²) in [5.74, 6) is 0.0444. The number of aryl methyl sites for hydroxylation is 2. The van der Waals surface area contributed by atoms with Crippen molar-refractivity contribution < 1.29 is 9.59 Å². The van der Waals surface area contributed by atoms with Crippen molar-refractivity contribution in [2.24, 2.45) is 5.92 Å². The lowest BCUT2D eigenvalue weighted by Gasteiger charge is -2.19. The minimum Gasteiger partial charge on any atom is -0.326 e. The van der Waals surface area contributed by atoms with Crippen LogP contribution in [-0.2, 0) is 9.59 Å². The average Bonchev–Trinajstić information content (AvgIpc) is 2.99.